The van der Waals surface area contributed by atoms with Gasteiger partial charge >= 0.3 is 0 Å². The zero-order valence-corrected chi connectivity index (χ0v) is 10.7. The third kappa shape index (κ3) is 1.35. The van der Waals surface area contributed by atoms with E-state index in [0.29, 0.717) is 0 Å². The van der Waals surface area contributed by atoms with Gasteiger partial charge in [-0.05, 0) is 40.7 Å². The summed E-state index contributed by atoms with van der Waals surface area (Å²) in [5.74, 6) is 0. The lowest BCUT2D eigenvalue weighted by atomic mass is 9.90. The maximum Gasteiger partial charge on any atom is 0.0474 e. The van der Waals surface area contributed by atoms with Crippen molar-refractivity contribution in [2.45, 2.75) is 32.7 Å². The summed E-state index contributed by atoms with van der Waals surface area (Å²) in [4.78, 5) is 0. The zero-order valence-electron chi connectivity index (χ0n) is 10.7. The molecule has 17 heavy (non-hydrogen) atoms. The SMILES string of the molecule is Cc1ccc(C2(N)CC2(C)C)c2ccccc12. The van der Waals surface area contributed by atoms with Gasteiger partial charge in [0, 0.05) is 5.54 Å². The average Bonchev–Trinajstić information content (AvgIpc) is 2.80. The number of nitrogens with two attached hydrogens (primary N) is 1. The first kappa shape index (κ1) is 10.8. The van der Waals surface area contributed by atoms with Crippen LogP contribution in [0.5, 0.6) is 0 Å². The van der Waals surface area contributed by atoms with E-state index in [2.05, 4.69) is 57.2 Å². The number of aryl methyl sites for hydroxylation is 1. The molecule has 0 saturated heterocycles. The molecule has 88 valence electrons. The molecule has 3 rings (SSSR count). The zero-order chi connectivity index (χ0) is 12.3. The van der Waals surface area contributed by atoms with Crippen LogP contribution in [0.25, 0.3) is 10.8 Å². The van der Waals surface area contributed by atoms with E-state index in [1.807, 2.05) is 0 Å². The summed E-state index contributed by atoms with van der Waals surface area (Å²) >= 11 is 0. The molecule has 0 aliphatic heterocycles. The van der Waals surface area contributed by atoms with Gasteiger partial charge in [0.1, 0.15) is 0 Å². The first-order valence-electron chi connectivity index (χ1n) is 6.23. The fraction of sp³-hybridized carbons (Fsp3) is 0.375. The summed E-state index contributed by atoms with van der Waals surface area (Å²) < 4.78 is 0. The monoisotopic (exact) mass is 225 g/mol. The van der Waals surface area contributed by atoms with Crippen molar-refractivity contribution in [3.63, 3.8) is 0 Å². The topological polar surface area (TPSA) is 26.0 Å². The highest BCUT2D eigenvalue weighted by atomic mass is 14.9. The minimum absolute atomic E-state index is 0.139. The van der Waals surface area contributed by atoms with Crippen molar-refractivity contribution in [3.8, 4) is 0 Å². The van der Waals surface area contributed by atoms with E-state index < -0.39 is 0 Å². The van der Waals surface area contributed by atoms with Crippen LogP contribution in [0, 0.1) is 12.3 Å². The Kier molecular flexibility index (Phi) is 1.97. The molecule has 2 aromatic rings. The van der Waals surface area contributed by atoms with Crippen LogP contribution >= 0.6 is 0 Å². The minimum Gasteiger partial charge on any atom is -0.321 e. The third-order valence-electron chi connectivity index (χ3n) is 4.43. The predicted octanol–water partition coefficient (Wildman–Crippen LogP) is 3.73. The van der Waals surface area contributed by atoms with Gasteiger partial charge in [-0.3, -0.25) is 0 Å². The molecule has 0 bridgehead atoms. The van der Waals surface area contributed by atoms with E-state index in [4.69, 9.17) is 5.73 Å². The second kappa shape index (κ2) is 3.11. The standard InChI is InChI=1S/C16H19N/c1-11-8-9-14(16(17)10-15(16,2)3)13-7-5-4-6-12(11)13/h4-9H,10,17H2,1-3H3. The Hall–Kier alpha value is -1.34. The fourth-order valence-electron chi connectivity index (χ4n) is 2.95. The number of fused-ring (bicyclic) bond motifs is 1. The van der Waals surface area contributed by atoms with Crippen molar-refractivity contribution >= 4 is 10.8 Å². The van der Waals surface area contributed by atoms with E-state index in [1.165, 1.54) is 21.9 Å². The second-order valence-electron chi connectivity index (χ2n) is 6.01. The van der Waals surface area contributed by atoms with Crippen LogP contribution in [0.4, 0.5) is 0 Å². The molecular formula is C16H19N. The molecule has 1 aliphatic carbocycles. The molecule has 1 aliphatic rings. The first-order chi connectivity index (χ1) is 7.96. The molecule has 1 nitrogen and oxygen atoms in total. The third-order valence-corrected chi connectivity index (χ3v) is 4.43. The van der Waals surface area contributed by atoms with E-state index in [1.54, 1.807) is 0 Å². The summed E-state index contributed by atoms with van der Waals surface area (Å²) in [7, 11) is 0. The van der Waals surface area contributed by atoms with Gasteiger partial charge in [0.15, 0.2) is 0 Å². The van der Waals surface area contributed by atoms with E-state index in [0.717, 1.165) is 6.42 Å². The summed E-state index contributed by atoms with van der Waals surface area (Å²) in [6.07, 6.45) is 1.08. The lowest BCUT2D eigenvalue weighted by molar-refractivity contribution is 0.513. The predicted molar refractivity (Wildman–Crippen MR) is 72.9 cm³/mol. The second-order valence-corrected chi connectivity index (χ2v) is 6.01. The van der Waals surface area contributed by atoms with E-state index >= 15 is 0 Å². The van der Waals surface area contributed by atoms with Gasteiger partial charge in [-0.15, -0.1) is 0 Å². The summed E-state index contributed by atoms with van der Waals surface area (Å²) in [6, 6.07) is 13.0. The quantitative estimate of drug-likeness (QED) is 0.786. The molecule has 1 fully saturated rings. The lowest BCUT2D eigenvalue weighted by Crippen LogP contribution is -2.25. The Morgan fingerprint density at radius 2 is 1.59 bits per heavy atom. The van der Waals surface area contributed by atoms with Crippen LogP contribution in [0.1, 0.15) is 31.4 Å². The molecule has 1 atom stereocenters. The normalized spacial score (nSPS) is 26.1. The van der Waals surface area contributed by atoms with Crippen LogP contribution in [0.15, 0.2) is 36.4 Å². The van der Waals surface area contributed by atoms with E-state index in [9.17, 15) is 0 Å². The van der Waals surface area contributed by atoms with Crippen LogP contribution in [-0.2, 0) is 5.54 Å². The van der Waals surface area contributed by atoms with Crippen molar-refractivity contribution in [1.29, 1.82) is 0 Å². The van der Waals surface area contributed by atoms with Crippen molar-refractivity contribution in [1.82, 2.24) is 0 Å². The van der Waals surface area contributed by atoms with Crippen LogP contribution in [0.2, 0.25) is 0 Å². The Labute approximate surface area is 103 Å². The van der Waals surface area contributed by atoms with Crippen molar-refractivity contribution < 1.29 is 0 Å². The molecule has 0 radical (unpaired) electrons. The highest BCUT2D eigenvalue weighted by Gasteiger charge is 2.59. The van der Waals surface area contributed by atoms with Gasteiger partial charge in [-0.1, -0.05) is 50.2 Å². The molecular weight excluding hydrogens is 206 g/mol. The Morgan fingerprint density at radius 1 is 1.00 bits per heavy atom. The molecule has 0 amide bonds. The highest BCUT2D eigenvalue weighted by Crippen LogP contribution is 2.61. The Bertz CT molecular complexity index is 597. The van der Waals surface area contributed by atoms with Gasteiger partial charge in [0.05, 0.1) is 0 Å². The maximum atomic E-state index is 6.56. The summed E-state index contributed by atoms with van der Waals surface area (Å²) in [5, 5.41) is 2.65. The highest BCUT2D eigenvalue weighted by molar-refractivity contribution is 5.89. The van der Waals surface area contributed by atoms with Crippen LogP contribution in [0.3, 0.4) is 0 Å². The molecule has 2 N–H and O–H groups in total. The number of benzene rings is 2. The van der Waals surface area contributed by atoms with Gasteiger partial charge in [0.2, 0.25) is 0 Å². The van der Waals surface area contributed by atoms with Crippen molar-refractivity contribution in [3.05, 3.63) is 47.5 Å². The fourth-order valence-corrected chi connectivity index (χ4v) is 2.95. The molecule has 1 heteroatoms. The molecule has 2 aromatic carbocycles. The maximum absolute atomic E-state index is 6.56. The minimum atomic E-state index is -0.139. The van der Waals surface area contributed by atoms with Crippen LogP contribution in [-0.4, -0.2) is 0 Å². The smallest absolute Gasteiger partial charge is 0.0474 e. The number of hydrogen-bond acceptors (Lipinski definition) is 1. The molecule has 1 unspecified atom stereocenters. The molecule has 0 heterocycles. The number of hydrogen-bond donors (Lipinski definition) is 1. The largest absolute Gasteiger partial charge is 0.321 e. The van der Waals surface area contributed by atoms with Crippen LogP contribution < -0.4 is 5.73 Å². The van der Waals surface area contributed by atoms with Gasteiger partial charge in [-0.25, -0.2) is 0 Å². The lowest BCUT2D eigenvalue weighted by Gasteiger charge is -2.19. The molecule has 1 saturated carbocycles. The Balaban J connectivity index is 2.29. The van der Waals surface area contributed by atoms with Crippen molar-refractivity contribution in [2.24, 2.45) is 11.1 Å². The molecule has 0 spiro atoms. The first-order valence-corrected chi connectivity index (χ1v) is 6.23. The van der Waals surface area contributed by atoms with Crippen molar-refractivity contribution in [2.75, 3.05) is 0 Å². The molecule has 0 aromatic heterocycles. The summed E-state index contributed by atoms with van der Waals surface area (Å²) in [6.45, 7) is 6.66. The Morgan fingerprint density at radius 3 is 2.18 bits per heavy atom. The average molecular weight is 225 g/mol. The van der Waals surface area contributed by atoms with Gasteiger partial charge in [0.25, 0.3) is 0 Å². The van der Waals surface area contributed by atoms with Gasteiger partial charge in [-0.2, -0.15) is 0 Å². The summed E-state index contributed by atoms with van der Waals surface area (Å²) in [5.41, 5.74) is 9.28. The number of rotatable bonds is 1. The van der Waals surface area contributed by atoms with Gasteiger partial charge < -0.3 is 5.73 Å². The van der Waals surface area contributed by atoms with E-state index in [-0.39, 0.29) is 11.0 Å².